The zero-order valence-electron chi connectivity index (χ0n) is 5.28. The van der Waals surface area contributed by atoms with Gasteiger partial charge >= 0.3 is 0 Å². The van der Waals surface area contributed by atoms with Crippen molar-refractivity contribution >= 4 is 23.3 Å². The molecule has 1 rings (SSSR count). The molecule has 2 nitrogen and oxygen atoms in total. The second-order valence-electron chi connectivity index (χ2n) is 1.75. The number of rotatable bonds is 2. The van der Waals surface area contributed by atoms with Crippen LogP contribution in [0.3, 0.4) is 0 Å². The Hall–Kier alpha value is -1.09. The highest BCUT2D eigenvalue weighted by atomic mass is 32.1. The van der Waals surface area contributed by atoms with Crippen LogP contribution in [0.25, 0.3) is 6.08 Å². The summed E-state index contributed by atoms with van der Waals surface area (Å²) in [6.07, 6.45) is 3.05. The van der Waals surface area contributed by atoms with Gasteiger partial charge in [0.1, 0.15) is 0 Å². The van der Waals surface area contributed by atoms with Gasteiger partial charge in [-0.3, -0.25) is 4.79 Å². The van der Waals surface area contributed by atoms with E-state index < -0.39 is 5.91 Å². The normalized spacial score (nSPS) is 10.4. The van der Waals surface area contributed by atoms with Gasteiger partial charge in [0.15, 0.2) is 0 Å². The van der Waals surface area contributed by atoms with Crippen LogP contribution in [-0.2, 0) is 4.79 Å². The molecule has 3 heteroatoms. The molecule has 0 spiro atoms. The number of nitrogens with two attached hydrogens (primary N) is 1. The predicted octanol–water partition coefficient (Wildman–Crippen LogP) is 1.25. The third kappa shape index (κ3) is 2.03. The lowest BCUT2D eigenvalue weighted by Crippen LogP contribution is -2.04. The van der Waals surface area contributed by atoms with Crippen molar-refractivity contribution in [1.82, 2.24) is 0 Å². The van der Waals surface area contributed by atoms with Crippen LogP contribution in [0.1, 0.15) is 4.88 Å². The van der Waals surface area contributed by atoms with E-state index in [4.69, 9.17) is 5.73 Å². The Bertz CT molecular complexity index is 238. The molecule has 0 saturated carbocycles. The van der Waals surface area contributed by atoms with Crippen molar-refractivity contribution in [3.63, 3.8) is 0 Å². The van der Waals surface area contributed by atoms with Gasteiger partial charge in [-0.2, -0.15) is 0 Å². The number of amides is 1. The van der Waals surface area contributed by atoms with Gasteiger partial charge in [0.25, 0.3) is 0 Å². The molecule has 0 fully saturated rings. The van der Waals surface area contributed by atoms with Crippen LogP contribution < -0.4 is 5.73 Å². The number of thiophene rings is 1. The predicted molar refractivity (Wildman–Crippen MR) is 42.5 cm³/mol. The molecular formula is C7H7NOS. The summed E-state index contributed by atoms with van der Waals surface area (Å²) in [5.41, 5.74) is 4.89. The maximum Gasteiger partial charge on any atom is 0.241 e. The van der Waals surface area contributed by atoms with Gasteiger partial charge in [0, 0.05) is 11.0 Å². The first kappa shape index (κ1) is 7.02. The first-order chi connectivity index (χ1) is 4.79. The van der Waals surface area contributed by atoms with E-state index in [-0.39, 0.29) is 0 Å². The highest BCUT2D eigenvalue weighted by Crippen LogP contribution is 2.09. The van der Waals surface area contributed by atoms with Gasteiger partial charge in [-0.05, 0) is 17.5 Å². The largest absolute Gasteiger partial charge is 0.366 e. The Labute approximate surface area is 63.0 Å². The molecule has 1 heterocycles. The molecular weight excluding hydrogens is 146 g/mol. The fourth-order valence-electron chi connectivity index (χ4n) is 0.550. The molecule has 0 aliphatic carbocycles. The van der Waals surface area contributed by atoms with E-state index in [2.05, 4.69) is 0 Å². The first-order valence-electron chi connectivity index (χ1n) is 2.80. The number of primary amides is 1. The Kier molecular flexibility index (Phi) is 2.23. The van der Waals surface area contributed by atoms with Crippen molar-refractivity contribution in [3.8, 4) is 0 Å². The third-order valence-corrected chi connectivity index (χ3v) is 1.79. The van der Waals surface area contributed by atoms with Crippen molar-refractivity contribution in [3.05, 3.63) is 28.5 Å². The number of carbonyl (C=O) groups excluding carboxylic acids is 1. The van der Waals surface area contributed by atoms with Crippen molar-refractivity contribution in [2.75, 3.05) is 0 Å². The van der Waals surface area contributed by atoms with Crippen LogP contribution in [0.15, 0.2) is 23.6 Å². The first-order valence-corrected chi connectivity index (χ1v) is 3.68. The minimum Gasteiger partial charge on any atom is -0.366 e. The summed E-state index contributed by atoms with van der Waals surface area (Å²) >= 11 is 1.57. The third-order valence-electron chi connectivity index (χ3n) is 0.955. The maximum atomic E-state index is 10.2. The maximum absolute atomic E-state index is 10.2. The van der Waals surface area contributed by atoms with Crippen LogP contribution in [-0.4, -0.2) is 5.91 Å². The zero-order valence-corrected chi connectivity index (χ0v) is 6.10. The van der Waals surface area contributed by atoms with E-state index in [0.717, 1.165) is 4.88 Å². The van der Waals surface area contributed by atoms with Gasteiger partial charge in [-0.15, -0.1) is 11.3 Å². The van der Waals surface area contributed by atoms with E-state index in [0.29, 0.717) is 0 Å². The Morgan fingerprint density at radius 3 is 3.00 bits per heavy atom. The molecule has 0 saturated heterocycles. The topological polar surface area (TPSA) is 43.1 Å². The molecule has 52 valence electrons. The Balaban J connectivity index is 2.64. The monoisotopic (exact) mass is 153 g/mol. The summed E-state index contributed by atoms with van der Waals surface area (Å²) in [5.74, 6) is -0.409. The van der Waals surface area contributed by atoms with Crippen LogP contribution in [0, 0.1) is 0 Å². The van der Waals surface area contributed by atoms with E-state index in [1.54, 1.807) is 17.4 Å². The minimum atomic E-state index is -0.409. The number of hydrogen-bond acceptors (Lipinski definition) is 2. The summed E-state index contributed by atoms with van der Waals surface area (Å²) in [6, 6.07) is 3.84. The van der Waals surface area contributed by atoms with Crippen LogP contribution in [0.5, 0.6) is 0 Å². The van der Waals surface area contributed by atoms with Crippen molar-refractivity contribution in [2.45, 2.75) is 0 Å². The van der Waals surface area contributed by atoms with Gasteiger partial charge < -0.3 is 5.73 Å². The Morgan fingerprint density at radius 2 is 2.50 bits per heavy atom. The van der Waals surface area contributed by atoms with E-state index in [9.17, 15) is 4.79 Å². The molecule has 1 aromatic heterocycles. The number of hydrogen-bond donors (Lipinski definition) is 1. The molecule has 10 heavy (non-hydrogen) atoms. The quantitative estimate of drug-likeness (QED) is 0.638. The lowest BCUT2D eigenvalue weighted by molar-refractivity contribution is -0.113. The highest BCUT2D eigenvalue weighted by molar-refractivity contribution is 7.10. The van der Waals surface area contributed by atoms with E-state index in [1.807, 2.05) is 17.5 Å². The van der Waals surface area contributed by atoms with Crippen molar-refractivity contribution in [1.29, 1.82) is 0 Å². The van der Waals surface area contributed by atoms with E-state index >= 15 is 0 Å². The summed E-state index contributed by atoms with van der Waals surface area (Å²) < 4.78 is 0. The molecule has 2 N–H and O–H groups in total. The summed E-state index contributed by atoms with van der Waals surface area (Å²) in [6.45, 7) is 0. The van der Waals surface area contributed by atoms with Crippen LogP contribution >= 0.6 is 11.3 Å². The summed E-state index contributed by atoms with van der Waals surface area (Å²) in [7, 11) is 0. The molecule has 0 radical (unpaired) electrons. The SMILES string of the molecule is NC(=O)/C=C\c1cccs1. The van der Waals surface area contributed by atoms with Gasteiger partial charge in [-0.25, -0.2) is 0 Å². The summed E-state index contributed by atoms with van der Waals surface area (Å²) in [4.78, 5) is 11.3. The average Bonchev–Trinajstić information content (AvgIpc) is 2.34. The fourth-order valence-corrected chi connectivity index (χ4v) is 1.17. The van der Waals surface area contributed by atoms with Crippen LogP contribution in [0.4, 0.5) is 0 Å². The molecule has 0 aliphatic heterocycles. The molecule has 0 aromatic carbocycles. The molecule has 0 unspecified atom stereocenters. The molecule has 0 bridgehead atoms. The smallest absolute Gasteiger partial charge is 0.241 e. The lowest BCUT2D eigenvalue weighted by Gasteiger charge is -1.79. The second kappa shape index (κ2) is 3.17. The van der Waals surface area contributed by atoms with Gasteiger partial charge in [-0.1, -0.05) is 6.07 Å². The number of carbonyl (C=O) groups is 1. The fraction of sp³-hybridized carbons (Fsp3) is 0. The van der Waals surface area contributed by atoms with Crippen LogP contribution in [0.2, 0.25) is 0 Å². The molecule has 0 atom stereocenters. The van der Waals surface area contributed by atoms with E-state index in [1.165, 1.54) is 6.08 Å². The average molecular weight is 153 g/mol. The second-order valence-corrected chi connectivity index (χ2v) is 2.73. The minimum absolute atomic E-state index is 0.409. The molecule has 0 aliphatic rings. The van der Waals surface area contributed by atoms with Gasteiger partial charge in [0.2, 0.25) is 5.91 Å². The molecule has 1 amide bonds. The highest BCUT2D eigenvalue weighted by Gasteiger charge is 1.86. The Morgan fingerprint density at radius 1 is 1.70 bits per heavy atom. The van der Waals surface area contributed by atoms with Crippen molar-refractivity contribution < 1.29 is 4.79 Å². The van der Waals surface area contributed by atoms with Gasteiger partial charge in [0.05, 0.1) is 0 Å². The van der Waals surface area contributed by atoms with Crippen molar-refractivity contribution in [2.24, 2.45) is 5.73 Å². The standard InChI is InChI=1S/C7H7NOS/c8-7(9)4-3-6-2-1-5-10-6/h1-5H,(H2,8,9)/b4-3-. The summed E-state index contributed by atoms with van der Waals surface area (Å²) in [5, 5.41) is 1.95. The lowest BCUT2D eigenvalue weighted by atomic mass is 10.4. The molecule has 1 aromatic rings. The zero-order chi connectivity index (χ0) is 7.40.